The summed E-state index contributed by atoms with van der Waals surface area (Å²) in [5, 5.41) is 5.33. The molecule has 0 spiro atoms. The SMILES string of the molecule is COc1ccccc1CNC(=O)CNC(=O)c1ccc(Br)cc1. The van der Waals surface area contributed by atoms with E-state index in [0.29, 0.717) is 17.9 Å². The van der Waals surface area contributed by atoms with E-state index >= 15 is 0 Å². The van der Waals surface area contributed by atoms with Gasteiger partial charge >= 0.3 is 0 Å². The van der Waals surface area contributed by atoms with Crippen molar-refractivity contribution in [2.45, 2.75) is 6.54 Å². The van der Waals surface area contributed by atoms with Crippen molar-refractivity contribution in [3.63, 3.8) is 0 Å². The minimum atomic E-state index is -0.287. The minimum Gasteiger partial charge on any atom is -0.496 e. The first-order valence-corrected chi connectivity index (χ1v) is 7.82. The standard InChI is InChI=1S/C17H17BrN2O3/c1-23-15-5-3-2-4-13(15)10-19-16(21)11-20-17(22)12-6-8-14(18)9-7-12/h2-9H,10-11H2,1H3,(H,19,21)(H,20,22). The van der Waals surface area contributed by atoms with Gasteiger partial charge in [-0.05, 0) is 30.3 Å². The average molecular weight is 377 g/mol. The maximum atomic E-state index is 11.9. The van der Waals surface area contributed by atoms with Crippen LogP contribution in [-0.4, -0.2) is 25.5 Å². The van der Waals surface area contributed by atoms with Crippen LogP contribution in [0.5, 0.6) is 5.75 Å². The van der Waals surface area contributed by atoms with E-state index in [4.69, 9.17) is 4.74 Å². The Morgan fingerprint density at radius 3 is 2.43 bits per heavy atom. The van der Waals surface area contributed by atoms with Gasteiger partial charge in [-0.1, -0.05) is 34.1 Å². The summed E-state index contributed by atoms with van der Waals surface area (Å²) in [4.78, 5) is 23.7. The zero-order valence-electron chi connectivity index (χ0n) is 12.6. The number of ether oxygens (including phenoxy) is 1. The predicted molar refractivity (Wildman–Crippen MR) is 91.3 cm³/mol. The summed E-state index contributed by atoms with van der Waals surface area (Å²) >= 11 is 3.31. The van der Waals surface area contributed by atoms with Crippen molar-refractivity contribution in [1.82, 2.24) is 10.6 Å². The molecule has 0 unspecified atom stereocenters. The smallest absolute Gasteiger partial charge is 0.251 e. The molecule has 2 amide bonds. The molecule has 23 heavy (non-hydrogen) atoms. The van der Waals surface area contributed by atoms with Crippen LogP contribution in [0.25, 0.3) is 0 Å². The summed E-state index contributed by atoms with van der Waals surface area (Å²) in [6, 6.07) is 14.4. The molecule has 0 aromatic heterocycles. The average Bonchev–Trinajstić information content (AvgIpc) is 2.58. The van der Waals surface area contributed by atoms with Gasteiger partial charge in [-0.25, -0.2) is 0 Å². The number of carbonyl (C=O) groups excluding carboxylic acids is 2. The summed E-state index contributed by atoms with van der Waals surface area (Å²) in [7, 11) is 1.58. The van der Waals surface area contributed by atoms with Crippen molar-refractivity contribution in [2.75, 3.05) is 13.7 Å². The second kappa shape index (κ2) is 8.33. The third-order valence-electron chi connectivity index (χ3n) is 3.18. The number of amides is 2. The molecular weight excluding hydrogens is 360 g/mol. The van der Waals surface area contributed by atoms with Crippen LogP contribution < -0.4 is 15.4 Å². The van der Waals surface area contributed by atoms with E-state index in [2.05, 4.69) is 26.6 Å². The van der Waals surface area contributed by atoms with E-state index in [-0.39, 0.29) is 18.4 Å². The van der Waals surface area contributed by atoms with Gasteiger partial charge in [-0.3, -0.25) is 9.59 Å². The van der Waals surface area contributed by atoms with Crippen molar-refractivity contribution < 1.29 is 14.3 Å². The molecule has 6 heteroatoms. The highest BCUT2D eigenvalue weighted by Crippen LogP contribution is 2.16. The van der Waals surface area contributed by atoms with Gasteiger partial charge in [0.25, 0.3) is 5.91 Å². The van der Waals surface area contributed by atoms with Crippen LogP contribution in [0.3, 0.4) is 0 Å². The number of benzene rings is 2. The third kappa shape index (κ3) is 5.10. The summed E-state index contributed by atoms with van der Waals surface area (Å²) in [5.41, 5.74) is 1.38. The first-order valence-electron chi connectivity index (χ1n) is 7.02. The first-order chi connectivity index (χ1) is 11.1. The van der Waals surface area contributed by atoms with Crippen LogP contribution in [0.15, 0.2) is 53.0 Å². The molecule has 0 fully saturated rings. The van der Waals surface area contributed by atoms with E-state index in [1.165, 1.54) is 0 Å². The second-order valence-electron chi connectivity index (χ2n) is 4.78. The molecule has 0 aliphatic heterocycles. The molecule has 2 aromatic carbocycles. The summed E-state index contributed by atoms with van der Waals surface area (Å²) < 4.78 is 6.11. The number of rotatable bonds is 6. The van der Waals surface area contributed by atoms with E-state index in [1.807, 2.05) is 24.3 Å². The summed E-state index contributed by atoms with van der Waals surface area (Å²) in [6.45, 7) is 0.265. The lowest BCUT2D eigenvalue weighted by Crippen LogP contribution is -2.36. The number of hydrogen-bond acceptors (Lipinski definition) is 3. The Balaban J connectivity index is 1.81. The topological polar surface area (TPSA) is 67.4 Å². The maximum Gasteiger partial charge on any atom is 0.251 e. The largest absolute Gasteiger partial charge is 0.496 e. The Labute approximate surface area is 143 Å². The first kappa shape index (κ1) is 17.0. The van der Waals surface area contributed by atoms with Crippen LogP contribution in [0.1, 0.15) is 15.9 Å². The second-order valence-corrected chi connectivity index (χ2v) is 5.69. The van der Waals surface area contributed by atoms with Crippen molar-refractivity contribution in [1.29, 1.82) is 0 Å². The summed E-state index contributed by atoms with van der Waals surface area (Å²) in [5.74, 6) is 0.165. The molecule has 2 aromatic rings. The van der Waals surface area contributed by atoms with Gasteiger partial charge in [0.15, 0.2) is 0 Å². The van der Waals surface area contributed by atoms with Gasteiger partial charge in [0.1, 0.15) is 5.75 Å². The van der Waals surface area contributed by atoms with Crippen LogP contribution in [0.2, 0.25) is 0 Å². The van der Waals surface area contributed by atoms with Gasteiger partial charge in [-0.15, -0.1) is 0 Å². The lowest BCUT2D eigenvalue weighted by molar-refractivity contribution is -0.120. The van der Waals surface area contributed by atoms with Crippen LogP contribution in [0.4, 0.5) is 0 Å². The third-order valence-corrected chi connectivity index (χ3v) is 3.71. The molecule has 120 valence electrons. The van der Waals surface area contributed by atoms with Crippen molar-refractivity contribution in [3.8, 4) is 5.75 Å². The van der Waals surface area contributed by atoms with Crippen molar-refractivity contribution in [2.24, 2.45) is 0 Å². The number of para-hydroxylation sites is 1. The molecule has 0 radical (unpaired) electrons. The fourth-order valence-electron chi connectivity index (χ4n) is 1.97. The van der Waals surface area contributed by atoms with Gasteiger partial charge < -0.3 is 15.4 Å². The fourth-order valence-corrected chi connectivity index (χ4v) is 2.23. The monoisotopic (exact) mass is 376 g/mol. The van der Waals surface area contributed by atoms with Crippen molar-refractivity contribution in [3.05, 3.63) is 64.1 Å². The molecule has 5 nitrogen and oxygen atoms in total. The quantitative estimate of drug-likeness (QED) is 0.813. The highest BCUT2D eigenvalue weighted by atomic mass is 79.9. The Morgan fingerprint density at radius 2 is 1.74 bits per heavy atom. The van der Waals surface area contributed by atoms with E-state index in [1.54, 1.807) is 31.4 Å². The van der Waals surface area contributed by atoms with E-state index in [0.717, 1.165) is 10.0 Å². The van der Waals surface area contributed by atoms with E-state index < -0.39 is 0 Å². The highest BCUT2D eigenvalue weighted by Gasteiger charge is 2.08. The molecule has 0 saturated heterocycles. The van der Waals surface area contributed by atoms with Gasteiger partial charge in [0.05, 0.1) is 13.7 Å². The fraction of sp³-hybridized carbons (Fsp3) is 0.176. The van der Waals surface area contributed by atoms with Crippen molar-refractivity contribution >= 4 is 27.7 Å². The zero-order chi connectivity index (χ0) is 16.7. The minimum absolute atomic E-state index is 0.0793. The Morgan fingerprint density at radius 1 is 1.04 bits per heavy atom. The molecule has 0 aliphatic carbocycles. The maximum absolute atomic E-state index is 11.9. The molecule has 0 heterocycles. The van der Waals surface area contributed by atoms with Gasteiger partial charge in [-0.2, -0.15) is 0 Å². The number of carbonyl (C=O) groups is 2. The number of methoxy groups -OCH3 is 1. The molecule has 0 bridgehead atoms. The predicted octanol–water partition coefficient (Wildman–Crippen LogP) is 2.50. The Bertz CT molecular complexity index is 686. The van der Waals surface area contributed by atoms with E-state index in [9.17, 15) is 9.59 Å². The number of halogens is 1. The van der Waals surface area contributed by atoms with Crippen LogP contribution >= 0.6 is 15.9 Å². The molecule has 2 N–H and O–H groups in total. The van der Waals surface area contributed by atoms with Crippen LogP contribution in [0, 0.1) is 0 Å². The zero-order valence-corrected chi connectivity index (χ0v) is 14.2. The van der Waals surface area contributed by atoms with Gasteiger partial charge in [0, 0.05) is 22.1 Å². The molecule has 0 atom stereocenters. The lowest BCUT2D eigenvalue weighted by atomic mass is 10.2. The number of nitrogens with one attached hydrogen (secondary N) is 2. The Hall–Kier alpha value is -2.34. The molecular formula is C17H17BrN2O3. The summed E-state index contributed by atoms with van der Waals surface area (Å²) in [6.07, 6.45) is 0. The molecule has 0 aliphatic rings. The Kier molecular flexibility index (Phi) is 6.17. The molecule has 0 saturated carbocycles. The molecule has 2 rings (SSSR count). The van der Waals surface area contributed by atoms with Gasteiger partial charge in [0.2, 0.25) is 5.91 Å². The highest BCUT2D eigenvalue weighted by molar-refractivity contribution is 9.10. The normalized spacial score (nSPS) is 10.0. The lowest BCUT2D eigenvalue weighted by Gasteiger charge is -2.10. The number of hydrogen-bond donors (Lipinski definition) is 2. The van der Waals surface area contributed by atoms with Crippen LogP contribution in [-0.2, 0) is 11.3 Å².